The fraction of sp³-hybridized carbons (Fsp3) is 0.222. The number of aromatic nitrogens is 2. The van der Waals surface area contributed by atoms with Gasteiger partial charge in [-0.1, -0.05) is 11.6 Å². The lowest BCUT2D eigenvalue weighted by molar-refractivity contribution is 0.320. The molecule has 4 nitrogen and oxygen atoms in total. The summed E-state index contributed by atoms with van der Waals surface area (Å²) in [5.41, 5.74) is 2.05. The Hall–Kier alpha value is -2.33. The molecule has 0 atom stereocenters. The molecule has 23 heavy (non-hydrogen) atoms. The van der Waals surface area contributed by atoms with Gasteiger partial charge in [0.05, 0.1) is 23.2 Å². The van der Waals surface area contributed by atoms with Gasteiger partial charge in [0.2, 0.25) is 0 Å². The highest BCUT2D eigenvalue weighted by molar-refractivity contribution is 6.30. The van der Waals surface area contributed by atoms with Crippen LogP contribution in [0.5, 0.6) is 5.75 Å². The van der Waals surface area contributed by atoms with E-state index in [0.717, 1.165) is 35.9 Å². The van der Waals surface area contributed by atoms with Gasteiger partial charge in [-0.25, -0.2) is 4.98 Å². The van der Waals surface area contributed by atoms with E-state index in [2.05, 4.69) is 4.98 Å². The van der Waals surface area contributed by atoms with Crippen molar-refractivity contribution in [1.82, 2.24) is 9.55 Å². The van der Waals surface area contributed by atoms with Gasteiger partial charge in [-0.05, 0) is 55.7 Å². The standard InChI is InChI=1S/C18H15ClN2O2/c19-12-6-8-13(9-7-12)21-17-14(5-3-10-20-17)16-15(18(21)22)4-1-2-11-23-16/h3,5-10H,1-2,4,11H2. The van der Waals surface area contributed by atoms with Crippen molar-refractivity contribution in [3.8, 4) is 11.4 Å². The fourth-order valence-corrected chi connectivity index (χ4v) is 3.16. The first kappa shape index (κ1) is 14.3. The minimum absolute atomic E-state index is 0.0598. The van der Waals surface area contributed by atoms with Gasteiger partial charge in [-0.2, -0.15) is 0 Å². The van der Waals surface area contributed by atoms with E-state index in [9.17, 15) is 4.79 Å². The van der Waals surface area contributed by atoms with E-state index in [0.29, 0.717) is 23.0 Å². The molecule has 0 bridgehead atoms. The first-order valence-electron chi connectivity index (χ1n) is 7.67. The van der Waals surface area contributed by atoms with Crippen LogP contribution in [0, 0.1) is 0 Å². The summed E-state index contributed by atoms with van der Waals surface area (Å²) in [6.45, 7) is 0.640. The van der Waals surface area contributed by atoms with Crippen LogP contribution in [0.2, 0.25) is 5.02 Å². The molecule has 5 heteroatoms. The molecule has 0 saturated heterocycles. The molecular formula is C18H15ClN2O2. The van der Waals surface area contributed by atoms with Crippen LogP contribution in [0.3, 0.4) is 0 Å². The molecule has 3 heterocycles. The van der Waals surface area contributed by atoms with Crippen molar-refractivity contribution in [2.24, 2.45) is 0 Å². The summed E-state index contributed by atoms with van der Waals surface area (Å²) in [6.07, 6.45) is 4.33. The number of halogens is 1. The second-order valence-electron chi connectivity index (χ2n) is 5.60. The highest BCUT2D eigenvalue weighted by Gasteiger charge is 2.21. The largest absolute Gasteiger partial charge is 0.492 e. The lowest BCUT2D eigenvalue weighted by Gasteiger charge is -2.15. The van der Waals surface area contributed by atoms with E-state index >= 15 is 0 Å². The van der Waals surface area contributed by atoms with Crippen molar-refractivity contribution >= 4 is 22.6 Å². The van der Waals surface area contributed by atoms with Crippen LogP contribution in [0.1, 0.15) is 18.4 Å². The van der Waals surface area contributed by atoms with Crippen LogP contribution >= 0.6 is 11.6 Å². The quantitative estimate of drug-likeness (QED) is 0.684. The molecule has 0 saturated carbocycles. The molecule has 0 aliphatic carbocycles. The number of nitrogens with zero attached hydrogens (tertiary/aromatic N) is 2. The normalized spacial score (nSPS) is 14.1. The Morgan fingerprint density at radius 3 is 2.78 bits per heavy atom. The molecule has 116 valence electrons. The van der Waals surface area contributed by atoms with Crippen molar-refractivity contribution in [2.45, 2.75) is 19.3 Å². The van der Waals surface area contributed by atoms with Gasteiger partial charge in [0.1, 0.15) is 5.75 Å². The minimum atomic E-state index is -0.0598. The number of fused-ring (bicyclic) bond motifs is 3. The summed E-state index contributed by atoms with van der Waals surface area (Å²) < 4.78 is 7.53. The van der Waals surface area contributed by atoms with Crippen LogP contribution in [0.15, 0.2) is 47.4 Å². The average molecular weight is 327 g/mol. The number of pyridine rings is 2. The third-order valence-electron chi connectivity index (χ3n) is 4.13. The molecule has 0 fully saturated rings. The van der Waals surface area contributed by atoms with E-state index in [1.54, 1.807) is 22.9 Å². The zero-order chi connectivity index (χ0) is 15.8. The zero-order valence-corrected chi connectivity index (χ0v) is 13.2. The monoisotopic (exact) mass is 326 g/mol. The maximum absolute atomic E-state index is 13.1. The Kier molecular flexibility index (Phi) is 3.54. The SMILES string of the molecule is O=c1c2c(c3cccnc3n1-c1ccc(Cl)cc1)OCCCC2. The molecule has 0 unspecified atom stereocenters. The van der Waals surface area contributed by atoms with Gasteiger partial charge in [0.25, 0.3) is 5.56 Å². The Bertz CT molecular complexity index is 932. The van der Waals surface area contributed by atoms with Crippen molar-refractivity contribution < 1.29 is 4.74 Å². The third-order valence-corrected chi connectivity index (χ3v) is 4.38. The van der Waals surface area contributed by atoms with Gasteiger partial charge in [-0.3, -0.25) is 9.36 Å². The molecule has 3 aromatic rings. The lowest BCUT2D eigenvalue weighted by Crippen LogP contribution is -2.24. The maximum Gasteiger partial charge on any atom is 0.263 e. The topological polar surface area (TPSA) is 44.1 Å². The van der Waals surface area contributed by atoms with Crippen molar-refractivity contribution in [2.75, 3.05) is 6.61 Å². The summed E-state index contributed by atoms with van der Waals surface area (Å²) in [7, 11) is 0. The first-order chi connectivity index (χ1) is 11.3. The summed E-state index contributed by atoms with van der Waals surface area (Å²) in [6, 6.07) is 11.1. The van der Waals surface area contributed by atoms with Gasteiger partial charge >= 0.3 is 0 Å². The lowest BCUT2D eigenvalue weighted by atomic mass is 10.1. The average Bonchev–Trinajstić information content (AvgIpc) is 2.83. The summed E-state index contributed by atoms with van der Waals surface area (Å²) in [5, 5.41) is 1.51. The molecule has 1 aliphatic heterocycles. The molecule has 0 amide bonds. The Morgan fingerprint density at radius 2 is 1.96 bits per heavy atom. The molecule has 2 aromatic heterocycles. The number of hydrogen-bond acceptors (Lipinski definition) is 3. The van der Waals surface area contributed by atoms with E-state index < -0.39 is 0 Å². The predicted molar refractivity (Wildman–Crippen MR) is 90.8 cm³/mol. The van der Waals surface area contributed by atoms with Crippen LogP contribution in [-0.2, 0) is 6.42 Å². The summed E-state index contributed by atoms with van der Waals surface area (Å²) in [5.74, 6) is 0.695. The molecule has 0 radical (unpaired) electrons. The smallest absolute Gasteiger partial charge is 0.263 e. The van der Waals surface area contributed by atoms with Crippen molar-refractivity contribution in [3.05, 3.63) is 63.5 Å². The number of benzene rings is 1. The van der Waals surface area contributed by atoms with Crippen LogP contribution in [-0.4, -0.2) is 16.2 Å². The second kappa shape index (κ2) is 5.70. The summed E-state index contributed by atoms with van der Waals surface area (Å²) in [4.78, 5) is 17.5. The molecular weight excluding hydrogens is 312 g/mol. The van der Waals surface area contributed by atoms with E-state index in [1.807, 2.05) is 24.3 Å². The molecule has 0 N–H and O–H groups in total. The van der Waals surface area contributed by atoms with Crippen molar-refractivity contribution in [1.29, 1.82) is 0 Å². The maximum atomic E-state index is 13.1. The van der Waals surface area contributed by atoms with Gasteiger partial charge in [-0.15, -0.1) is 0 Å². The zero-order valence-electron chi connectivity index (χ0n) is 12.5. The third kappa shape index (κ3) is 2.39. The summed E-state index contributed by atoms with van der Waals surface area (Å²) >= 11 is 5.97. The highest BCUT2D eigenvalue weighted by atomic mass is 35.5. The minimum Gasteiger partial charge on any atom is -0.492 e. The molecule has 4 rings (SSSR count). The molecule has 0 spiro atoms. The Balaban J connectivity index is 2.10. The van der Waals surface area contributed by atoms with Crippen molar-refractivity contribution in [3.63, 3.8) is 0 Å². The fourth-order valence-electron chi connectivity index (χ4n) is 3.04. The Morgan fingerprint density at radius 1 is 1.13 bits per heavy atom. The first-order valence-corrected chi connectivity index (χ1v) is 8.05. The van der Waals surface area contributed by atoms with Crippen LogP contribution in [0.25, 0.3) is 16.7 Å². The van der Waals surface area contributed by atoms with E-state index in [4.69, 9.17) is 16.3 Å². The Labute approximate surface area is 138 Å². The van der Waals surface area contributed by atoms with Gasteiger partial charge in [0, 0.05) is 11.2 Å². The molecule has 1 aliphatic rings. The molecule has 1 aromatic carbocycles. The number of rotatable bonds is 1. The van der Waals surface area contributed by atoms with E-state index in [-0.39, 0.29) is 5.56 Å². The number of hydrogen-bond donors (Lipinski definition) is 0. The number of ether oxygens (including phenoxy) is 1. The van der Waals surface area contributed by atoms with E-state index in [1.165, 1.54) is 0 Å². The second-order valence-corrected chi connectivity index (χ2v) is 6.04. The van der Waals surface area contributed by atoms with Gasteiger partial charge < -0.3 is 4.74 Å². The highest BCUT2D eigenvalue weighted by Crippen LogP contribution is 2.31. The van der Waals surface area contributed by atoms with Crippen LogP contribution < -0.4 is 10.3 Å². The predicted octanol–water partition coefficient (Wildman–Crippen LogP) is 3.75. The van der Waals surface area contributed by atoms with Crippen LogP contribution in [0.4, 0.5) is 0 Å². The van der Waals surface area contributed by atoms with Gasteiger partial charge in [0.15, 0.2) is 5.65 Å².